The van der Waals surface area contributed by atoms with Crippen molar-refractivity contribution in [2.24, 2.45) is 0 Å². The van der Waals surface area contributed by atoms with Gasteiger partial charge in [-0.1, -0.05) is 32.9 Å². The van der Waals surface area contributed by atoms with E-state index in [-0.39, 0.29) is 5.69 Å². The number of nitrogens with zero attached hydrogens (tertiary/aromatic N) is 3. The van der Waals surface area contributed by atoms with Crippen LogP contribution in [0.3, 0.4) is 0 Å². The van der Waals surface area contributed by atoms with Crippen molar-refractivity contribution in [2.45, 2.75) is 52.3 Å². The Labute approximate surface area is 92.6 Å². The van der Waals surface area contributed by atoms with Crippen LogP contribution < -0.4 is 0 Å². The summed E-state index contributed by atoms with van der Waals surface area (Å²) in [6, 6.07) is 0. The van der Waals surface area contributed by atoms with Gasteiger partial charge in [0, 0.05) is 12.0 Å². The highest BCUT2D eigenvalue weighted by Crippen LogP contribution is 2.35. The Kier molecular flexibility index (Phi) is 3.30. The highest BCUT2D eigenvalue weighted by molar-refractivity contribution is 5.21. The van der Waals surface area contributed by atoms with Crippen molar-refractivity contribution in [1.82, 2.24) is 15.0 Å². The summed E-state index contributed by atoms with van der Waals surface area (Å²) in [5, 5.41) is 6.85. The molecule has 0 saturated carbocycles. The molecule has 0 bridgehead atoms. The second kappa shape index (κ2) is 4.07. The van der Waals surface area contributed by atoms with E-state index >= 15 is 0 Å². The lowest BCUT2D eigenvalue weighted by Crippen LogP contribution is -2.23. The van der Waals surface area contributed by atoms with E-state index in [1.807, 2.05) is 6.92 Å². The normalized spacial score (nSPS) is 13.2. The maximum Gasteiger partial charge on any atom is 0.437 e. The Hall–Kier alpha value is -1.07. The van der Waals surface area contributed by atoms with Gasteiger partial charge in [0.05, 0.1) is 5.69 Å². The van der Waals surface area contributed by atoms with Gasteiger partial charge in [0.25, 0.3) is 0 Å². The third-order valence-corrected chi connectivity index (χ3v) is 2.15. The monoisotopic (exact) mass is 235 g/mol. The molecule has 92 valence electrons. The molecule has 0 fully saturated rings. The first-order valence-corrected chi connectivity index (χ1v) is 5.19. The molecule has 1 aromatic heterocycles. The molecule has 0 aliphatic heterocycles. The minimum absolute atomic E-state index is 0.154. The first-order valence-electron chi connectivity index (χ1n) is 5.19. The molecule has 1 aromatic rings. The highest BCUT2D eigenvalue weighted by Gasteiger charge is 2.41. The van der Waals surface area contributed by atoms with Crippen LogP contribution in [0.5, 0.6) is 0 Å². The van der Waals surface area contributed by atoms with Crippen LogP contribution in [0.2, 0.25) is 0 Å². The Bertz CT molecular complexity index is 360. The molecule has 0 aromatic carbocycles. The minimum atomic E-state index is -4.44. The van der Waals surface area contributed by atoms with Crippen LogP contribution in [0.1, 0.15) is 45.5 Å². The third kappa shape index (κ3) is 2.54. The van der Waals surface area contributed by atoms with E-state index in [4.69, 9.17) is 0 Å². The van der Waals surface area contributed by atoms with Gasteiger partial charge in [-0.2, -0.15) is 13.2 Å². The van der Waals surface area contributed by atoms with E-state index < -0.39 is 17.3 Å². The Morgan fingerprint density at radius 1 is 1.19 bits per heavy atom. The number of hydrogen-bond donors (Lipinski definition) is 0. The number of aromatic nitrogens is 3. The van der Waals surface area contributed by atoms with Crippen LogP contribution in [-0.4, -0.2) is 15.0 Å². The second-order valence-corrected chi connectivity index (χ2v) is 4.76. The van der Waals surface area contributed by atoms with Gasteiger partial charge in [-0.3, -0.25) is 0 Å². The average Bonchev–Trinajstić information content (AvgIpc) is 2.46. The molecule has 3 nitrogen and oxygen atoms in total. The highest BCUT2D eigenvalue weighted by atomic mass is 19.4. The predicted molar refractivity (Wildman–Crippen MR) is 54.0 cm³/mol. The zero-order valence-corrected chi connectivity index (χ0v) is 9.89. The van der Waals surface area contributed by atoms with Crippen molar-refractivity contribution < 1.29 is 13.2 Å². The molecule has 0 radical (unpaired) electrons. The standard InChI is InChI=1S/C10H16F3N3/c1-5-6-16-8(9(2,3)4)7(14-15-16)10(11,12)13/h5-6H2,1-4H3. The van der Waals surface area contributed by atoms with Crippen molar-refractivity contribution in [3.05, 3.63) is 11.4 Å². The first-order chi connectivity index (χ1) is 7.18. The number of halogens is 3. The van der Waals surface area contributed by atoms with Gasteiger partial charge in [0.15, 0.2) is 5.69 Å². The van der Waals surface area contributed by atoms with E-state index in [1.165, 1.54) is 4.68 Å². The van der Waals surface area contributed by atoms with Crippen LogP contribution in [0.25, 0.3) is 0 Å². The van der Waals surface area contributed by atoms with Crippen LogP contribution in [0.4, 0.5) is 13.2 Å². The summed E-state index contributed by atoms with van der Waals surface area (Å²) in [5.41, 5.74) is -1.33. The van der Waals surface area contributed by atoms with Crippen LogP contribution >= 0.6 is 0 Å². The van der Waals surface area contributed by atoms with Gasteiger partial charge in [-0.15, -0.1) is 5.10 Å². The van der Waals surface area contributed by atoms with Gasteiger partial charge in [-0.25, -0.2) is 4.68 Å². The maximum atomic E-state index is 12.7. The molecule has 0 unspecified atom stereocenters. The molecule has 0 aliphatic carbocycles. The van der Waals surface area contributed by atoms with Crippen molar-refractivity contribution in [3.63, 3.8) is 0 Å². The zero-order valence-electron chi connectivity index (χ0n) is 9.89. The Balaban J connectivity index is 3.31. The number of hydrogen-bond acceptors (Lipinski definition) is 2. The fraction of sp³-hybridized carbons (Fsp3) is 0.800. The van der Waals surface area contributed by atoms with E-state index in [0.717, 1.165) is 6.42 Å². The molecular formula is C10H16F3N3. The fourth-order valence-electron chi connectivity index (χ4n) is 1.61. The maximum absolute atomic E-state index is 12.7. The lowest BCUT2D eigenvalue weighted by molar-refractivity contribution is -0.142. The summed E-state index contributed by atoms with van der Waals surface area (Å²) in [5.74, 6) is 0. The van der Waals surface area contributed by atoms with Gasteiger partial charge in [0.2, 0.25) is 0 Å². The van der Waals surface area contributed by atoms with E-state index in [2.05, 4.69) is 10.3 Å². The van der Waals surface area contributed by atoms with E-state index in [0.29, 0.717) is 6.54 Å². The summed E-state index contributed by atoms with van der Waals surface area (Å²) >= 11 is 0. The van der Waals surface area contributed by atoms with Crippen molar-refractivity contribution in [2.75, 3.05) is 0 Å². The van der Waals surface area contributed by atoms with Crippen LogP contribution in [0, 0.1) is 0 Å². The molecule has 0 amide bonds. The quantitative estimate of drug-likeness (QED) is 0.788. The summed E-state index contributed by atoms with van der Waals surface area (Å²) < 4.78 is 39.5. The lowest BCUT2D eigenvalue weighted by atomic mass is 9.90. The predicted octanol–water partition coefficient (Wildman–Crippen LogP) is 3.00. The molecule has 6 heteroatoms. The molecule has 0 spiro atoms. The summed E-state index contributed by atoms with van der Waals surface area (Å²) in [7, 11) is 0. The lowest BCUT2D eigenvalue weighted by Gasteiger charge is -2.21. The molecular weight excluding hydrogens is 219 g/mol. The SMILES string of the molecule is CCCn1nnc(C(F)(F)F)c1C(C)(C)C. The third-order valence-electron chi connectivity index (χ3n) is 2.15. The fourth-order valence-corrected chi connectivity index (χ4v) is 1.61. The molecule has 0 atom stereocenters. The number of alkyl halides is 3. The first kappa shape index (κ1) is 13.0. The van der Waals surface area contributed by atoms with Gasteiger partial charge in [0.1, 0.15) is 0 Å². The molecule has 0 aliphatic rings. The molecule has 0 saturated heterocycles. The van der Waals surface area contributed by atoms with E-state index in [1.54, 1.807) is 20.8 Å². The van der Waals surface area contributed by atoms with Crippen molar-refractivity contribution in [3.8, 4) is 0 Å². The molecule has 1 heterocycles. The van der Waals surface area contributed by atoms with Crippen molar-refractivity contribution >= 4 is 0 Å². The topological polar surface area (TPSA) is 30.7 Å². The zero-order chi connectivity index (χ0) is 12.6. The molecule has 0 N–H and O–H groups in total. The molecule has 16 heavy (non-hydrogen) atoms. The second-order valence-electron chi connectivity index (χ2n) is 4.76. The van der Waals surface area contributed by atoms with Gasteiger partial charge >= 0.3 is 6.18 Å². The average molecular weight is 235 g/mol. The summed E-state index contributed by atoms with van der Waals surface area (Å²) in [6.07, 6.45) is -3.71. The largest absolute Gasteiger partial charge is 0.437 e. The molecule has 1 rings (SSSR count). The van der Waals surface area contributed by atoms with E-state index in [9.17, 15) is 13.2 Å². The van der Waals surface area contributed by atoms with Crippen LogP contribution in [-0.2, 0) is 18.1 Å². The number of rotatable bonds is 2. The van der Waals surface area contributed by atoms with Crippen molar-refractivity contribution in [1.29, 1.82) is 0 Å². The summed E-state index contributed by atoms with van der Waals surface area (Å²) in [6.45, 7) is 7.53. The Morgan fingerprint density at radius 3 is 2.12 bits per heavy atom. The van der Waals surface area contributed by atoms with Gasteiger partial charge < -0.3 is 0 Å². The smallest absolute Gasteiger partial charge is 0.248 e. The van der Waals surface area contributed by atoms with Crippen LogP contribution in [0.15, 0.2) is 0 Å². The minimum Gasteiger partial charge on any atom is -0.248 e. The summed E-state index contributed by atoms with van der Waals surface area (Å²) in [4.78, 5) is 0. The Morgan fingerprint density at radius 2 is 1.75 bits per heavy atom. The number of aryl methyl sites for hydroxylation is 1. The van der Waals surface area contributed by atoms with Gasteiger partial charge in [-0.05, 0) is 6.42 Å².